The van der Waals surface area contributed by atoms with Crippen LogP contribution < -0.4 is 5.32 Å². The number of aromatic nitrogens is 1. The Labute approximate surface area is 104 Å². The van der Waals surface area contributed by atoms with Crippen LogP contribution in [0.15, 0.2) is 24.5 Å². The molecule has 7 heteroatoms. The number of nitrogens with zero attached hydrogens (tertiary/aromatic N) is 1. The molecule has 0 saturated carbocycles. The number of nitrogens with one attached hydrogen (secondary N) is 1. The van der Waals surface area contributed by atoms with Crippen LogP contribution in [0.1, 0.15) is 5.56 Å². The van der Waals surface area contributed by atoms with E-state index < -0.39 is 34.8 Å². The molecule has 0 amide bonds. The largest absolute Gasteiger partial charge is 0.376 e. The first kappa shape index (κ1) is 13.3. The van der Waals surface area contributed by atoms with Gasteiger partial charge in [0.15, 0.2) is 23.3 Å². The van der Waals surface area contributed by atoms with Crippen molar-refractivity contribution in [3.8, 4) is 0 Å². The lowest BCUT2D eigenvalue weighted by atomic mass is 10.2. The molecule has 1 aromatic heterocycles. The molecule has 2 nitrogen and oxygen atoms in total. The van der Waals surface area contributed by atoms with Crippen LogP contribution in [0.5, 0.6) is 0 Å². The summed E-state index contributed by atoms with van der Waals surface area (Å²) in [4.78, 5) is 3.76. The monoisotopic (exact) mass is 274 g/mol. The molecule has 2 aromatic rings. The molecule has 0 aliphatic heterocycles. The lowest BCUT2D eigenvalue weighted by molar-refractivity contribution is 0.381. The van der Waals surface area contributed by atoms with E-state index in [0.29, 0.717) is 5.56 Å². The molecule has 2 rings (SSSR count). The molecule has 0 unspecified atom stereocenters. The van der Waals surface area contributed by atoms with Crippen molar-refractivity contribution in [3.05, 3.63) is 59.2 Å². The molecule has 0 atom stereocenters. The van der Waals surface area contributed by atoms with Crippen LogP contribution in [0.2, 0.25) is 0 Å². The maximum atomic E-state index is 13.3. The topological polar surface area (TPSA) is 24.9 Å². The summed E-state index contributed by atoms with van der Waals surface area (Å²) in [6, 6.07) is 3.17. The summed E-state index contributed by atoms with van der Waals surface area (Å²) < 4.78 is 65.2. The molecule has 0 aliphatic rings. The molecule has 1 aromatic carbocycles. The second-order valence-electron chi connectivity index (χ2n) is 3.66. The average Bonchev–Trinajstić information content (AvgIpc) is 2.44. The predicted molar refractivity (Wildman–Crippen MR) is 57.8 cm³/mol. The molecule has 0 aliphatic carbocycles. The van der Waals surface area contributed by atoms with Gasteiger partial charge in [-0.15, -0.1) is 0 Å². The van der Waals surface area contributed by atoms with Gasteiger partial charge in [0, 0.05) is 18.9 Å². The highest BCUT2D eigenvalue weighted by Crippen LogP contribution is 2.27. The third-order valence-electron chi connectivity index (χ3n) is 2.40. The van der Waals surface area contributed by atoms with Crippen LogP contribution >= 0.6 is 0 Å². The number of rotatable bonds is 3. The zero-order valence-electron chi connectivity index (χ0n) is 9.35. The molecule has 0 spiro atoms. The van der Waals surface area contributed by atoms with Crippen molar-refractivity contribution >= 4 is 5.69 Å². The van der Waals surface area contributed by atoms with E-state index in [9.17, 15) is 22.0 Å². The molecule has 1 N–H and O–H groups in total. The van der Waals surface area contributed by atoms with Gasteiger partial charge in [0.05, 0.1) is 0 Å². The van der Waals surface area contributed by atoms with E-state index in [4.69, 9.17) is 0 Å². The SMILES string of the molecule is Fc1c(F)c(F)c(NCc2cccnc2)c(F)c1F. The molecule has 100 valence electrons. The lowest BCUT2D eigenvalue weighted by Gasteiger charge is -2.10. The maximum Gasteiger partial charge on any atom is 0.200 e. The number of hydrogen-bond donors (Lipinski definition) is 1. The Kier molecular flexibility index (Phi) is 3.64. The second kappa shape index (κ2) is 5.21. The van der Waals surface area contributed by atoms with Gasteiger partial charge in [-0.2, -0.15) is 0 Å². The number of benzene rings is 1. The zero-order valence-corrected chi connectivity index (χ0v) is 9.35. The van der Waals surface area contributed by atoms with Crippen LogP contribution in [-0.4, -0.2) is 4.98 Å². The third kappa shape index (κ3) is 2.49. The summed E-state index contributed by atoms with van der Waals surface area (Å²) in [7, 11) is 0. The van der Waals surface area contributed by atoms with Crippen molar-refractivity contribution in [2.45, 2.75) is 6.54 Å². The van der Waals surface area contributed by atoms with Gasteiger partial charge in [0.25, 0.3) is 0 Å². The first-order valence-corrected chi connectivity index (χ1v) is 5.16. The van der Waals surface area contributed by atoms with Gasteiger partial charge in [-0.3, -0.25) is 4.98 Å². The number of hydrogen-bond acceptors (Lipinski definition) is 2. The van der Waals surface area contributed by atoms with E-state index in [1.54, 1.807) is 12.1 Å². The zero-order chi connectivity index (χ0) is 14.0. The van der Waals surface area contributed by atoms with E-state index in [1.807, 2.05) is 0 Å². The Morgan fingerprint density at radius 2 is 1.47 bits per heavy atom. The molecule has 0 saturated heterocycles. The maximum absolute atomic E-state index is 13.3. The van der Waals surface area contributed by atoms with Crippen LogP contribution in [0, 0.1) is 29.1 Å². The molecule has 0 bridgehead atoms. The van der Waals surface area contributed by atoms with Crippen molar-refractivity contribution in [3.63, 3.8) is 0 Å². The predicted octanol–water partition coefficient (Wildman–Crippen LogP) is 3.39. The summed E-state index contributed by atoms with van der Waals surface area (Å²) in [5, 5.41) is 2.17. The highest BCUT2D eigenvalue weighted by Gasteiger charge is 2.25. The molecule has 0 fully saturated rings. The Balaban J connectivity index is 2.31. The van der Waals surface area contributed by atoms with Crippen molar-refractivity contribution in [1.29, 1.82) is 0 Å². The fourth-order valence-electron chi connectivity index (χ4n) is 1.45. The summed E-state index contributed by atoms with van der Waals surface area (Å²) in [5.41, 5.74) is -0.522. The Bertz CT molecular complexity index is 572. The summed E-state index contributed by atoms with van der Waals surface area (Å²) >= 11 is 0. The van der Waals surface area contributed by atoms with Crippen molar-refractivity contribution in [2.24, 2.45) is 0 Å². The van der Waals surface area contributed by atoms with E-state index in [2.05, 4.69) is 10.3 Å². The first-order valence-electron chi connectivity index (χ1n) is 5.16. The first-order chi connectivity index (χ1) is 9.02. The fourth-order valence-corrected chi connectivity index (χ4v) is 1.45. The van der Waals surface area contributed by atoms with E-state index >= 15 is 0 Å². The van der Waals surface area contributed by atoms with Gasteiger partial charge in [-0.1, -0.05) is 6.07 Å². The highest BCUT2D eigenvalue weighted by atomic mass is 19.2. The minimum Gasteiger partial charge on any atom is -0.376 e. The highest BCUT2D eigenvalue weighted by molar-refractivity contribution is 5.48. The van der Waals surface area contributed by atoms with Gasteiger partial charge in [0.2, 0.25) is 5.82 Å². The fraction of sp³-hybridized carbons (Fsp3) is 0.0833. The number of anilines is 1. The minimum atomic E-state index is -2.18. The van der Waals surface area contributed by atoms with E-state index in [-0.39, 0.29) is 6.54 Å². The summed E-state index contributed by atoms with van der Waals surface area (Å²) in [6.45, 7) is -0.119. The quantitative estimate of drug-likeness (QED) is 0.527. The van der Waals surface area contributed by atoms with Gasteiger partial charge < -0.3 is 5.32 Å². The normalized spacial score (nSPS) is 10.6. The Morgan fingerprint density at radius 3 is 2.00 bits per heavy atom. The van der Waals surface area contributed by atoms with Crippen molar-refractivity contribution < 1.29 is 22.0 Å². The lowest BCUT2D eigenvalue weighted by Crippen LogP contribution is -2.09. The van der Waals surface area contributed by atoms with Gasteiger partial charge >= 0.3 is 0 Å². The minimum absolute atomic E-state index is 0.119. The molecular weight excluding hydrogens is 267 g/mol. The molecular formula is C12H7F5N2. The second-order valence-corrected chi connectivity index (χ2v) is 3.66. The molecule has 1 heterocycles. The van der Waals surface area contributed by atoms with E-state index in [1.165, 1.54) is 12.4 Å². The number of pyridine rings is 1. The average molecular weight is 274 g/mol. The van der Waals surface area contributed by atoms with Crippen LogP contribution in [-0.2, 0) is 6.54 Å². The van der Waals surface area contributed by atoms with Crippen LogP contribution in [0.25, 0.3) is 0 Å². The smallest absolute Gasteiger partial charge is 0.200 e. The van der Waals surface area contributed by atoms with Crippen LogP contribution in [0.3, 0.4) is 0 Å². The van der Waals surface area contributed by atoms with Crippen molar-refractivity contribution in [2.75, 3.05) is 5.32 Å². The van der Waals surface area contributed by atoms with Gasteiger partial charge in [-0.05, 0) is 11.6 Å². The van der Waals surface area contributed by atoms with Gasteiger partial charge in [0.1, 0.15) is 5.69 Å². The molecule has 0 radical (unpaired) electrons. The van der Waals surface area contributed by atoms with Crippen LogP contribution in [0.4, 0.5) is 27.6 Å². The van der Waals surface area contributed by atoms with E-state index in [0.717, 1.165) is 0 Å². The Hall–Kier alpha value is -2.18. The van der Waals surface area contributed by atoms with Gasteiger partial charge in [-0.25, -0.2) is 22.0 Å². The Morgan fingerprint density at radius 1 is 0.895 bits per heavy atom. The molecule has 19 heavy (non-hydrogen) atoms. The summed E-state index contributed by atoms with van der Waals surface area (Å²) in [6.07, 6.45) is 2.89. The summed E-state index contributed by atoms with van der Waals surface area (Å²) in [5.74, 6) is -9.91. The number of halogens is 5. The standard InChI is InChI=1S/C12H7F5N2/c13-7-8(14)10(16)12(11(17)9(7)15)19-5-6-2-1-3-18-4-6/h1-4,19H,5H2. The third-order valence-corrected chi connectivity index (χ3v) is 2.40. The van der Waals surface area contributed by atoms with Crippen molar-refractivity contribution in [1.82, 2.24) is 4.98 Å².